The highest BCUT2D eigenvalue weighted by molar-refractivity contribution is 6.30. The van der Waals surface area contributed by atoms with E-state index in [1.54, 1.807) is 6.20 Å². The number of hydrogen-bond acceptors (Lipinski definition) is 3. The van der Waals surface area contributed by atoms with E-state index in [0.29, 0.717) is 16.5 Å². The lowest BCUT2D eigenvalue weighted by molar-refractivity contribution is 0.0679. The van der Waals surface area contributed by atoms with Crippen molar-refractivity contribution in [1.82, 2.24) is 14.7 Å². The van der Waals surface area contributed by atoms with Gasteiger partial charge in [-0.2, -0.15) is 5.10 Å². The lowest BCUT2D eigenvalue weighted by Crippen LogP contribution is -2.42. The number of halogens is 2. The summed E-state index contributed by atoms with van der Waals surface area (Å²) >= 11 is 5.99. The van der Waals surface area contributed by atoms with Crippen molar-refractivity contribution >= 4 is 29.9 Å². The van der Waals surface area contributed by atoms with E-state index < -0.39 is 0 Å². The van der Waals surface area contributed by atoms with E-state index in [0.717, 1.165) is 37.3 Å². The third kappa shape index (κ3) is 4.65. The summed E-state index contributed by atoms with van der Waals surface area (Å²) < 4.78 is 1.85. The average molecular weight is 411 g/mol. The van der Waals surface area contributed by atoms with Gasteiger partial charge in [-0.3, -0.25) is 4.79 Å². The van der Waals surface area contributed by atoms with Crippen molar-refractivity contribution in [1.29, 1.82) is 0 Å². The molecule has 1 aromatic heterocycles. The minimum Gasteiger partial charge on any atom is -0.339 e. The predicted octanol–water partition coefficient (Wildman–Crippen LogP) is 4.27. The zero-order valence-electron chi connectivity index (χ0n) is 16.1. The quantitative estimate of drug-likeness (QED) is 0.817. The van der Waals surface area contributed by atoms with Crippen molar-refractivity contribution in [3.8, 4) is 5.69 Å². The number of hydrogen-bond donors (Lipinski definition) is 1. The van der Waals surface area contributed by atoms with Crippen LogP contribution in [-0.4, -0.2) is 39.7 Å². The Balaban J connectivity index is 0.00000261. The molecular formula is C20H28Cl2N4O. The van der Waals surface area contributed by atoms with Gasteiger partial charge in [0.1, 0.15) is 0 Å². The molecule has 0 aliphatic carbocycles. The monoisotopic (exact) mass is 410 g/mol. The molecule has 0 radical (unpaired) electrons. The zero-order chi connectivity index (χ0) is 18.8. The van der Waals surface area contributed by atoms with Crippen molar-refractivity contribution in [2.24, 2.45) is 11.7 Å². The number of nitrogens with zero attached hydrogens (tertiary/aromatic N) is 3. The number of benzene rings is 1. The summed E-state index contributed by atoms with van der Waals surface area (Å²) in [5.41, 5.74) is 8.55. The van der Waals surface area contributed by atoms with Crippen LogP contribution in [0.3, 0.4) is 0 Å². The number of carbonyl (C=O) groups is 1. The molecule has 7 heteroatoms. The standard InChI is InChI=1S/C20H27ClN4O.ClH/c1-13(2)19-18(12-23-25(19)17-6-4-16(21)5-7-17)20(26)24-10-8-15(9-11-24)14(3)22;/h4-7,12-15H,8-11,22H2,1-3H3;1H. The summed E-state index contributed by atoms with van der Waals surface area (Å²) in [6.45, 7) is 7.74. The average Bonchev–Trinajstić information content (AvgIpc) is 3.07. The Morgan fingerprint density at radius 1 is 1.19 bits per heavy atom. The summed E-state index contributed by atoms with van der Waals surface area (Å²) in [5, 5.41) is 5.18. The van der Waals surface area contributed by atoms with Gasteiger partial charge < -0.3 is 10.6 Å². The van der Waals surface area contributed by atoms with Crippen molar-refractivity contribution in [2.75, 3.05) is 13.1 Å². The van der Waals surface area contributed by atoms with E-state index in [4.69, 9.17) is 17.3 Å². The van der Waals surface area contributed by atoms with Crippen LogP contribution >= 0.6 is 24.0 Å². The summed E-state index contributed by atoms with van der Waals surface area (Å²) in [5.74, 6) is 0.742. The van der Waals surface area contributed by atoms with Crippen molar-refractivity contribution in [3.05, 3.63) is 46.7 Å². The molecule has 1 atom stereocenters. The normalized spacial score (nSPS) is 16.3. The number of carbonyl (C=O) groups excluding carboxylic acids is 1. The topological polar surface area (TPSA) is 64.2 Å². The van der Waals surface area contributed by atoms with Crippen molar-refractivity contribution in [2.45, 2.75) is 45.6 Å². The summed E-state index contributed by atoms with van der Waals surface area (Å²) in [6, 6.07) is 7.70. The van der Waals surface area contributed by atoms with Crippen LogP contribution in [0.15, 0.2) is 30.5 Å². The molecule has 1 saturated heterocycles. The van der Waals surface area contributed by atoms with Crippen LogP contribution in [0, 0.1) is 5.92 Å². The molecule has 5 nitrogen and oxygen atoms in total. The fraction of sp³-hybridized carbons (Fsp3) is 0.500. The lowest BCUT2D eigenvalue weighted by Gasteiger charge is -2.33. The maximum Gasteiger partial charge on any atom is 0.257 e. The predicted molar refractivity (Wildman–Crippen MR) is 112 cm³/mol. The van der Waals surface area contributed by atoms with E-state index in [9.17, 15) is 4.79 Å². The van der Waals surface area contributed by atoms with Gasteiger partial charge in [-0.15, -0.1) is 12.4 Å². The molecule has 27 heavy (non-hydrogen) atoms. The molecule has 148 valence electrons. The number of aromatic nitrogens is 2. The van der Waals surface area contributed by atoms with Crippen LogP contribution in [0.5, 0.6) is 0 Å². The minimum atomic E-state index is 0. The van der Waals surface area contributed by atoms with Gasteiger partial charge in [0.2, 0.25) is 0 Å². The number of piperidine rings is 1. The maximum absolute atomic E-state index is 13.1. The lowest BCUT2D eigenvalue weighted by atomic mass is 9.90. The fourth-order valence-electron chi connectivity index (χ4n) is 3.66. The van der Waals surface area contributed by atoms with Gasteiger partial charge in [0, 0.05) is 24.2 Å². The Labute approximate surface area is 172 Å². The third-order valence-corrected chi connectivity index (χ3v) is 5.48. The second-order valence-corrected chi connectivity index (χ2v) is 7.91. The van der Waals surface area contributed by atoms with Crippen LogP contribution in [0.2, 0.25) is 5.02 Å². The van der Waals surface area contributed by atoms with Crippen molar-refractivity contribution in [3.63, 3.8) is 0 Å². The molecule has 1 unspecified atom stereocenters. The number of nitrogens with two attached hydrogens (primary N) is 1. The maximum atomic E-state index is 13.1. The van der Waals surface area contributed by atoms with Gasteiger partial charge in [-0.1, -0.05) is 25.4 Å². The van der Waals surface area contributed by atoms with E-state index >= 15 is 0 Å². The molecule has 3 rings (SSSR count). The van der Waals surface area contributed by atoms with Gasteiger partial charge in [-0.05, 0) is 55.9 Å². The molecule has 2 aromatic rings. The largest absolute Gasteiger partial charge is 0.339 e. The number of rotatable bonds is 4. The zero-order valence-corrected chi connectivity index (χ0v) is 17.6. The Bertz CT molecular complexity index is 763. The summed E-state index contributed by atoms with van der Waals surface area (Å²) in [4.78, 5) is 15.1. The second-order valence-electron chi connectivity index (χ2n) is 7.48. The van der Waals surface area contributed by atoms with Crippen molar-refractivity contribution < 1.29 is 4.79 Å². The van der Waals surface area contributed by atoms with Gasteiger partial charge in [0.15, 0.2) is 0 Å². The van der Waals surface area contributed by atoms with Crippen LogP contribution in [0.1, 0.15) is 55.6 Å². The molecule has 1 aliphatic heterocycles. The Kier molecular flexibility index (Phi) is 7.32. The van der Waals surface area contributed by atoms with Crippen LogP contribution < -0.4 is 5.73 Å². The van der Waals surface area contributed by atoms with Gasteiger partial charge in [0.05, 0.1) is 23.1 Å². The highest BCUT2D eigenvalue weighted by Crippen LogP contribution is 2.27. The second kappa shape index (κ2) is 9.09. The fourth-order valence-corrected chi connectivity index (χ4v) is 3.79. The van der Waals surface area contributed by atoms with Gasteiger partial charge >= 0.3 is 0 Å². The molecule has 2 heterocycles. The third-order valence-electron chi connectivity index (χ3n) is 5.23. The molecule has 1 fully saturated rings. The molecule has 1 aliphatic rings. The molecule has 0 bridgehead atoms. The minimum absolute atomic E-state index is 0. The molecule has 2 N–H and O–H groups in total. The van der Waals surface area contributed by atoms with Crippen LogP contribution in [0.4, 0.5) is 0 Å². The van der Waals surface area contributed by atoms with Gasteiger partial charge in [0.25, 0.3) is 5.91 Å². The molecular weight excluding hydrogens is 383 g/mol. The first-order chi connectivity index (χ1) is 12.4. The molecule has 0 spiro atoms. The SMILES string of the molecule is CC(C)c1c(C(=O)N2CCC(C(C)N)CC2)cnn1-c1ccc(Cl)cc1.Cl. The van der Waals surface area contributed by atoms with E-state index in [1.165, 1.54) is 0 Å². The first-order valence-corrected chi connectivity index (χ1v) is 9.65. The van der Waals surface area contributed by atoms with E-state index in [1.807, 2.05) is 33.8 Å². The Morgan fingerprint density at radius 2 is 1.78 bits per heavy atom. The first-order valence-electron chi connectivity index (χ1n) is 9.27. The van der Waals surface area contributed by atoms with Crippen LogP contribution in [0.25, 0.3) is 5.69 Å². The highest BCUT2D eigenvalue weighted by Gasteiger charge is 2.29. The number of amides is 1. The summed E-state index contributed by atoms with van der Waals surface area (Å²) in [6.07, 6.45) is 3.63. The smallest absolute Gasteiger partial charge is 0.257 e. The molecule has 1 aromatic carbocycles. The Hall–Kier alpha value is -1.56. The summed E-state index contributed by atoms with van der Waals surface area (Å²) in [7, 11) is 0. The van der Waals surface area contributed by atoms with E-state index in [-0.39, 0.29) is 30.3 Å². The van der Waals surface area contributed by atoms with Gasteiger partial charge in [-0.25, -0.2) is 4.68 Å². The highest BCUT2D eigenvalue weighted by atomic mass is 35.5. The van der Waals surface area contributed by atoms with Crippen LogP contribution in [-0.2, 0) is 0 Å². The first kappa shape index (κ1) is 21.7. The van der Waals surface area contributed by atoms with E-state index in [2.05, 4.69) is 25.9 Å². The number of likely N-dealkylation sites (tertiary alicyclic amines) is 1. The molecule has 1 amide bonds. The Morgan fingerprint density at radius 3 is 2.30 bits per heavy atom. The molecule has 0 saturated carbocycles.